The number of hydrogen-bond donors (Lipinski definition) is 1. The van der Waals surface area contributed by atoms with Crippen LogP contribution in [0.5, 0.6) is 0 Å². The highest BCUT2D eigenvalue weighted by Gasteiger charge is 2.11. The van der Waals surface area contributed by atoms with Gasteiger partial charge in [0.25, 0.3) is 5.91 Å². The van der Waals surface area contributed by atoms with Gasteiger partial charge in [-0.05, 0) is 69.0 Å². The van der Waals surface area contributed by atoms with Crippen LogP contribution in [0.4, 0.5) is 0 Å². The first-order valence-electron chi connectivity index (χ1n) is 8.70. The van der Waals surface area contributed by atoms with Gasteiger partial charge in [-0.15, -0.1) is 0 Å². The number of carbonyl (C=O) groups is 1. The van der Waals surface area contributed by atoms with Gasteiger partial charge in [-0.3, -0.25) is 4.79 Å². The third-order valence-electron chi connectivity index (χ3n) is 4.90. The molecule has 0 aliphatic heterocycles. The van der Waals surface area contributed by atoms with Crippen molar-refractivity contribution in [1.29, 1.82) is 0 Å². The molecule has 0 spiro atoms. The molecule has 5 heteroatoms. The van der Waals surface area contributed by atoms with Crippen LogP contribution in [0.15, 0.2) is 36.5 Å². The average molecular weight is 348 g/mol. The summed E-state index contributed by atoms with van der Waals surface area (Å²) in [6.45, 7) is 10.7. The highest BCUT2D eigenvalue weighted by molar-refractivity contribution is 5.93. The maximum Gasteiger partial charge on any atom is 0.253 e. The smallest absolute Gasteiger partial charge is 0.253 e. The van der Waals surface area contributed by atoms with Gasteiger partial charge in [0.2, 0.25) is 0 Å². The summed E-state index contributed by atoms with van der Waals surface area (Å²) in [6, 6.07) is 9.81. The molecule has 3 aromatic rings. The van der Waals surface area contributed by atoms with Crippen LogP contribution in [-0.2, 0) is 6.54 Å². The minimum Gasteiger partial charge on any atom is -0.348 e. The van der Waals surface area contributed by atoms with Gasteiger partial charge < -0.3 is 5.32 Å². The maximum atomic E-state index is 12.4. The Kier molecular flexibility index (Phi) is 4.89. The molecule has 26 heavy (non-hydrogen) atoms. The SMILES string of the molecule is Cc1ccc(CNC(=O)c2ccc(-n3nc(C)c(C)c3C)nc2)cc1C. The largest absolute Gasteiger partial charge is 0.348 e. The van der Waals surface area contributed by atoms with Crippen molar-refractivity contribution in [3.63, 3.8) is 0 Å². The summed E-state index contributed by atoms with van der Waals surface area (Å²) in [5.74, 6) is 0.580. The van der Waals surface area contributed by atoms with Crippen LogP contribution in [0, 0.1) is 34.6 Å². The first-order chi connectivity index (χ1) is 12.4. The topological polar surface area (TPSA) is 59.8 Å². The van der Waals surface area contributed by atoms with Gasteiger partial charge in [0, 0.05) is 18.4 Å². The Morgan fingerprint density at radius 2 is 1.81 bits per heavy atom. The van der Waals surface area contributed by atoms with Gasteiger partial charge >= 0.3 is 0 Å². The zero-order chi connectivity index (χ0) is 18.8. The second-order valence-electron chi connectivity index (χ2n) is 6.71. The zero-order valence-electron chi connectivity index (χ0n) is 15.9. The van der Waals surface area contributed by atoms with E-state index in [-0.39, 0.29) is 5.91 Å². The standard InChI is InChI=1S/C21H24N4O/c1-13-6-7-18(10-14(13)2)11-23-21(26)19-8-9-20(22-12-19)25-17(5)15(3)16(4)24-25/h6-10,12H,11H2,1-5H3,(H,23,26). The fraction of sp³-hybridized carbons (Fsp3) is 0.286. The number of pyridine rings is 1. The van der Waals surface area contributed by atoms with Crippen molar-refractivity contribution in [2.45, 2.75) is 41.2 Å². The Labute approximate surface area is 154 Å². The molecule has 0 fully saturated rings. The second kappa shape index (κ2) is 7.12. The lowest BCUT2D eigenvalue weighted by Crippen LogP contribution is -2.23. The summed E-state index contributed by atoms with van der Waals surface area (Å²) >= 11 is 0. The molecular formula is C21H24N4O. The summed E-state index contributed by atoms with van der Waals surface area (Å²) < 4.78 is 1.81. The Bertz CT molecular complexity index is 955. The fourth-order valence-electron chi connectivity index (χ4n) is 2.79. The molecule has 2 heterocycles. The van der Waals surface area contributed by atoms with Gasteiger partial charge in [0.1, 0.15) is 0 Å². The highest BCUT2D eigenvalue weighted by atomic mass is 16.1. The molecule has 0 aliphatic carbocycles. The average Bonchev–Trinajstić information content (AvgIpc) is 2.90. The molecule has 0 aliphatic rings. The normalized spacial score (nSPS) is 10.8. The van der Waals surface area contributed by atoms with E-state index in [1.54, 1.807) is 16.9 Å². The van der Waals surface area contributed by atoms with Crippen molar-refractivity contribution in [3.8, 4) is 5.82 Å². The van der Waals surface area contributed by atoms with E-state index in [9.17, 15) is 4.79 Å². The van der Waals surface area contributed by atoms with Crippen molar-refractivity contribution in [3.05, 3.63) is 75.7 Å². The van der Waals surface area contributed by atoms with Gasteiger partial charge in [0.15, 0.2) is 5.82 Å². The fourth-order valence-corrected chi connectivity index (χ4v) is 2.79. The molecule has 3 rings (SSSR count). The van der Waals surface area contributed by atoms with Gasteiger partial charge in [-0.1, -0.05) is 18.2 Å². The molecule has 0 atom stereocenters. The van der Waals surface area contributed by atoms with Gasteiger partial charge in [-0.25, -0.2) is 9.67 Å². The van der Waals surface area contributed by atoms with Crippen molar-refractivity contribution in [2.75, 3.05) is 0 Å². The number of nitrogens with zero attached hydrogens (tertiary/aromatic N) is 3. The van der Waals surface area contributed by atoms with E-state index < -0.39 is 0 Å². The van der Waals surface area contributed by atoms with Gasteiger partial charge in [-0.2, -0.15) is 5.10 Å². The molecule has 1 amide bonds. The molecule has 1 N–H and O–H groups in total. The third kappa shape index (κ3) is 3.52. The van der Waals surface area contributed by atoms with Crippen molar-refractivity contribution >= 4 is 5.91 Å². The zero-order valence-corrected chi connectivity index (χ0v) is 15.9. The lowest BCUT2D eigenvalue weighted by atomic mass is 10.1. The second-order valence-corrected chi connectivity index (χ2v) is 6.71. The van der Waals surface area contributed by atoms with E-state index in [0.717, 1.165) is 22.5 Å². The molecule has 0 radical (unpaired) electrons. The molecule has 1 aromatic carbocycles. The van der Waals surface area contributed by atoms with E-state index in [1.807, 2.05) is 32.9 Å². The summed E-state index contributed by atoms with van der Waals surface area (Å²) in [5.41, 5.74) is 7.30. The van der Waals surface area contributed by atoms with Gasteiger partial charge in [0.05, 0.1) is 11.3 Å². The van der Waals surface area contributed by atoms with E-state index in [4.69, 9.17) is 0 Å². The molecule has 5 nitrogen and oxygen atoms in total. The summed E-state index contributed by atoms with van der Waals surface area (Å²) in [5, 5.41) is 7.44. The Morgan fingerprint density at radius 3 is 2.38 bits per heavy atom. The number of aryl methyl sites for hydroxylation is 3. The maximum absolute atomic E-state index is 12.4. The monoisotopic (exact) mass is 348 g/mol. The molecule has 134 valence electrons. The minimum absolute atomic E-state index is 0.133. The number of amides is 1. The van der Waals surface area contributed by atoms with Crippen molar-refractivity contribution in [2.24, 2.45) is 0 Å². The third-order valence-corrected chi connectivity index (χ3v) is 4.90. The summed E-state index contributed by atoms with van der Waals surface area (Å²) in [4.78, 5) is 16.8. The Morgan fingerprint density at radius 1 is 1.04 bits per heavy atom. The van der Waals surface area contributed by atoms with Crippen LogP contribution < -0.4 is 5.32 Å². The quantitative estimate of drug-likeness (QED) is 0.781. The Hall–Kier alpha value is -2.95. The number of rotatable bonds is 4. The molecular weight excluding hydrogens is 324 g/mol. The number of hydrogen-bond acceptors (Lipinski definition) is 3. The van der Waals surface area contributed by atoms with Crippen molar-refractivity contribution < 1.29 is 4.79 Å². The van der Waals surface area contributed by atoms with Crippen LogP contribution in [-0.4, -0.2) is 20.7 Å². The predicted molar refractivity (Wildman–Crippen MR) is 103 cm³/mol. The number of nitrogens with one attached hydrogen (secondary N) is 1. The van der Waals surface area contributed by atoms with Crippen LogP contribution in [0.1, 0.15) is 44.0 Å². The molecule has 0 saturated carbocycles. The number of benzene rings is 1. The summed E-state index contributed by atoms with van der Waals surface area (Å²) in [6.07, 6.45) is 1.59. The number of aromatic nitrogens is 3. The minimum atomic E-state index is -0.133. The van der Waals surface area contributed by atoms with E-state index >= 15 is 0 Å². The van der Waals surface area contributed by atoms with Crippen molar-refractivity contribution in [1.82, 2.24) is 20.1 Å². The highest BCUT2D eigenvalue weighted by Crippen LogP contribution is 2.15. The first-order valence-corrected chi connectivity index (χ1v) is 8.70. The lowest BCUT2D eigenvalue weighted by molar-refractivity contribution is 0.0950. The molecule has 2 aromatic heterocycles. The lowest BCUT2D eigenvalue weighted by Gasteiger charge is -2.08. The van der Waals surface area contributed by atoms with Crippen LogP contribution in [0.25, 0.3) is 5.82 Å². The van der Waals surface area contributed by atoms with Crippen LogP contribution in [0.2, 0.25) is 0 Å². The van der Waals surface area contributed by atoms with Crippen LogP contribution in [0.3, 0.4) is 0 Å². The number of carbonyl (C=O) groups excluding carboxylic acids is 1. The summed E-state index contributed by atoms with van der Waals surface area (Å²) in [7, 11) is 0. The molecule has 0 bridgehead atoms. The van der Waals surface area contributed by atoms with E-state index in [1.165, 1.54) is 11.1 Å². The molecule has 0 saturated heterocycles. The first kappa shape index (κ1) is 17.9. The van der Waals surface area contributed by atoms with E-state index in [0.29, 0.717) is 17.9 Å². The predicted octanol–water partition coefficient (Wildman–Crippen LogP) is 3.74. The van der Waals surface area contributed by atoms with Crippen LogP contribution >= 0.6 is 0 Å². The molecule has 0 unspecified atom stereocenters. The Balaban J connectivity index is 1.70. The van der Waals surface area contributed by atoms with E-state index in [2.05, 4.69) is 41.4 Å².